The van der Waals surface area contributed by atoms with Gasteiger partial charge in [-0.2, -0.15) is 0 Å². The minimum absolute atomic E-state index is 0. The number of carboxylic acid groups (broad SMARTS) is 1. The Morgan fingerprint density at radius 3 is 2.50 bits per heavy atom. The maximum absolute atomic E-state index is 12.5. The van der Waals surface area contributed by atoms with E-state index in [9.17, 15) is 19.5 Å². The molecule has 2 saturated heterocycles. The topological polar surface area (TPSA) is 77.9 Å². The van der Waals surface area contributed by atoms with Crippen LogP contribution in [0.25, 0.3) is 6.08 Å². The number of likely N-dealkylation sites (tertiary alicyclic amines) is 1. The number of hydrogen-bond donors (Lipinski definition) is 1. The summed E-state index contributed by atoms with van der Waals surface area (Å²) in [7, 11) is 0. The minimum atomic E-state index is -1.10. The molecule has 3 atom stereocenters. The van der Waals surface area contributed by atoms with Crippen LogP contribution in [0.3, 0.4) is 0 Å². The first-order valence-electron chi connectivity index (χ1n) is 8.29. The van der Waals surface area contributed by atoms with Crippen molar-refractivity contribution in [1.82, 2.24) is 9.80 Å². The van der Waals surface area contributed by atoms with E-state index < -0.39 is 12.0 Å². The second kappa shape index (κ2) is 7.02. The van der Waals surface area contributed by atoms with Crippen molar-refractivity contribution in [3.63, 3.8) is 0 Å². The Bertz CT molecular complexity index is 833. The Kier molecular flexibility index (Phi) is 5.10. The Labute approximate surface area is 173 Å². The van der Waals surface area contributed by atoms with E-state index in [4.69, 9.17) is 0 Å². The predicted octanol–water partition coefficient (Wildman–Crippen LogP) is 0.851. The van der Waals surface area contributed by atoms with Gasteiger partial charge in [-0.05, 0) is 17.6 Å². The van der Waals surface area contributed by atoms with Crippen molar-refractivity contribution >= 4 is 53.4 Å². The second-order valence-electron chi connectivity index (χ2n) is 6.70. The standard InChI is InChI=1S/C19H18N2O4.Na.H/c1-11(22)20-10-14-9-13(8-7-12-5-3-2-4-6-12)16(19(24)25)21-15(14)17(20)18(21)23;;/h2-8,14-15,17H,9-10H2,1H3,(H,24,25);;/b8-7+;;/t14-,15-,17+;;/m1../s1. The number of amides is 2. The Morgan fingerprint density at radius 1 is 1.19 bits per heavy atom. The van der Waals surface area contributed by atoms with Crippen LogP contribution < -0.4 is 0 Å². The molecular weight excluding hydrogens is 343 g/mol. The summed E-state index contributed by atoms with van der Waals surface area (Å²) in [6.07, 6.45) is 4.20. The molecule has 0 aromatic heterocycles. The van der Waals surface area contributed by atoms with Gasteiger partial charge in [-0.25, -0.2) is 4.79 Å². The Morgan fingerprint density at radius 2 is 1.88 bits per heavy atom. The summed E-state index contributed by atoms with van der Waals surface area (Å²) in [5, 5.41) is 9.65. The molecule has 0 radical (unpaired) electrons. The number of aliphatic carboxylic acids is 1. The van der Waals surface area contributed by atoms with Crippen molar-refractivity contribution < 1.29 is 19.5 Å². The molecule has 3 heterocycles. The number of allylic oxidation sites excluding steroid dienone is 2. The fourth-order valence-corrected chi connectivity index (χ4v) is 4.21. The maximum atomic E-state index is 12.5. The molecule has 2 fully saturated rings. The summed E-state index contributed by atoms with van der Waals surface area (Å²) in [6, 6.07) is 8.91. The fraction of sp³-hybridized carbons (Fsp3) is 0.316. The third kappa shape index (κ3) is 2.82. The number of β-lactam (4-membered cyclic amide) rings is 1. The first-order chi connectivity index (χ1) is 12.0. The summed E-state index contributed by atoms with van der Waals surface area (Å²) in [4.78, 5) is 39.1. The predicted molar refractivity (Wildman–Crippen MR) is 97.2 cm³/mol. The van der Waals surface area contributed by atoms with Crippen LogP contribution in [0.1, 0.15) is 18.9 Å². The molecule has 0 bridgehead atoms. The number of carboxylic acids is 1. The summed E-state index contributed by atoms with van der Waals surface area (Å²) < 4.78 is 0. The van der Waals surface area contributed by atoms with E-state index in [1.165, 1.54) is 11.8 Å². The number of carbonyl (C=O) groups is 3. The van der Waals surface area contributed by atoms with Gasteiger partial charge >= 0.3 is 35.5 Å². The number of rotatable bonds is 3. The quantitative estimate of drug-likeness (QED) is 0.639. The van der Waals surface area contributed by atoms with E-state index in [2.05, 4.69) is 0 Å². The zero-order valence-corrected chi connectivity index (χ0v) is 13.8. The summed E-state index contributed by atoms with van der Waals surface area (Å²) in [5.41, 5.74) is 1.65. The van der Waals surface area contributed by atoms with Crippen molar-refractivity contribution in [3.05, 3.63) is 53.2 Å². The normalized spacial score (nSPS) is 26.5. The van der Waals surface area contributed by atoms with Crippen molar-refractivity contribution in [1.29, 1.82) is 0 Å². The molecule has 3 aliphatic heterocycles. The summed E-state index contributed by atoms with van der Waals surface area (Å²) >= 11 is 0. The molecule has 0 saturated carbocycles. The van der Waals surface area contributed by atoms with Crippen LogP contribution in [0.4, 0.5) is 0 Å². The number of benzene rings is 1. The molecule has 1 N–H and O–H groups in total. The molecule has 4 rings (SSSR count). The molecule has 7 heteroatoms. The summed E-state index contributed by atoms with van der Waals surface area (Å²) in [5.74, 6) is -1.43. The van der Waals surface area contributed by atoms with Crippen LogP contribution in [0, 0.1) is 5.92 Å². The molecule has 1 aromatic carbocycles. The average molecular weight is 362 g/mol. The monoisotopic (exact) mass is 362 g/mol. The first kappa shape index (κ1) is 18.9. The molecule has 2 amide bonds. The average Bonchev–Trinajstić information content (AvgIpc) is 2.96. The van der Waals surface area contributed by atoms with E-state index >= 15 is 0 Å². The van der Waals surface area contributed by atoms with E-state index in [0.29, 0.717) is 18.5 Å². The van der Waals surface area contributed by atoms with E-state index in [1.54, 1.807) is 11.0 Å². The van der Waals surface area contributed by atoms with Gasteiger partial charge in [0.25, 0.3) is 5.91 Å². The van der Waals surface area contributed by atoms with Crippen LogP contribution in [0.5, 0.6) is 0 Å². The van der Waals surface area contributed by atoms with Crippen molar-refractivity contribution in [2.75, 3.05) is 6.54 Å². The molecule has 0 spiro atoms. The molecular formula is C19H19N2NaO4. The van der Waals surface area contributed by atoms with Gasteiger partial charge in [0.1, 0.15) is 11.7 Å². The second-order valence-corrected chi connectivity index (χ2v) is 6.70. The SMILES string of the molecule is CC(=O)N1C[C@H]2CC(/C=C/c3ccccc3)=C(C(=O)O)N3C(=O)[C@@H]1[C@@H]23.[NaH]. The third-order valence-corrected chi connectivity index (χ3v) is 5.27. The van der Waals surface area contributed by atoms with Crippen molar-refractivity contribution in [3.8, 4) is 0 Å². The molecule has 26 heavy (non-hydrogen) atoms. The van der Waals surface area contributed by atoms with Gasteiger partial charge < -0.3 is 10.0 Å². The summed E-state index contributed by atoms with van der Waals surface area (Å²) in [6.45, 7) is 1.96. The zero-order valence-electron chi connectivity index (χ0n) is 13.8. The van der Waals surface area contributed by atoms with E-state index in [0.717, 1.165) is 5.56 Å². The fourth-order valence-electron chi connectivity index (χ4n) is 4.21. The van der Waals surface area contributed by atoms with Crippen molar-refractivity contribution in [2.24, 2.45) is 5.92 Å². The van der Waals surface area contributed by atoms with Crippen LogP contribution in [-0.4, -0.2) is 80.9 Å². The van der Waals surface area contributed by atoms with Gasteiger partial charge in [-0.1, -0.05) is 42.5 Å². The third-order valence-electron chi connectivity index (χ3n) is 5.27. The van der Waals surface area contributed by atoms with Crippen LogP contribution >= 0.6 is 0 Å². The van der Waals surface area contributed by atoms with Crippen molar-refractivity contribution in [2.45, 2.75) is 25.4 Å². The first-order valence-corrected chi connectivity index (χ1v) is 8.29. The zero-order chi connectivity index (χ0) is 17.7. The van der Waals surface area contributed by atoms with Crippen LogP contribution in [0.2, 0.25) is 0 Å². The van der Waals surface area contributed by atoms with Crippen LogP contribution in [0.15, 0.2) is 47.7 Å². The van der Waals surface area contributed by atoms with Gasteiger partial charge in [-0.3, -0.25) is 14.5 Å². The van der Waals surface area contributed by atoms with Gasteiger partial charge in [0, 0.05) is 19.4 Å². The van der Waals surface area contributed by atoms with Crippen LogP contribution in [-0.2, 0) is 14.4 Å². The Hall–Kier alpha value is -1.89. The van der Waals surface area contributed by atoms with Gasteiger partial charge in [-0.15, -0.1) is 0 Å². The number of hydrogen-bond acceptors (Lipinski definition) is 3. The molecule has 0 unspecified atom stereocenters. The van der Waals surface area contributed by atoms with E-state index in [-0.39, 0.29) is 59.0 Å². The molecule has 0 aliphatic carbocycles. The van der Waals surface area contributed by atoms with Gasteiger partial charge in [0.15, 0.2) is 0 Å². The molecule has 3 aliphatic rings. The molecule has 6 nitrogen and oxygen atoms in total. The van der Waals surface area contributed by atoms with Gasteiger partial charge in [0.05, 0.1) is 6.04 Å². The van der Waals surface area contributed by atoms with E-state index in [1.807, 2.05) is 36.4 Å². The molecule has 130 valence electrons. The molecule has 1 aromatic rings. The Balaban J connectivity index is 0.00000196. The number of carbonyl (C=O) groups excluding carboxylic acids is 2. The number of nitrogens with zero attached hydrogens (tertiary/aromatic N) is 2. The van der Waals surface area contributed by atoms with Gasteiger partial charge in [0.2, 0.25) is 5.91 Å².